The number of aromatic nitrogens is 2. The Labute approximate surface area is 98.5 Å². The van der Waals surface area contributed by atoms with Gasteiger partial charge in [-0.05, 0) is 6.42 Å². The lowest BCUT2D eigenvalue weighted by molar-refractivity contribution is 0.189. The molecule has 2 heterocycles. The smallest absolute Gasteiger partial charge is 0.263 e. The van der Waals surface area contributed by atoms with Gasteiger partial charge in [0.15, 0.2) is 0 Å². The maximum absolute atomic E-state index is 12.1. The fraction of sp³-hybridized carbons (Fsp3) is 0.625. The van der Waals surface area contributed by atoms with Crippen LogP contribution in [0.1, 0.15) is 6.42 Å². The first kappa shape index (κ1) is 11.8. The van der Waals surface area contributed by atoms with Crippen LogP contribution >= 0.6 is 11.6 Å². The van der Waals surface area contributed by atoms with Crippen molar-refractivity contribution in [3.05, 3.63) is 11.5 Å². The van der Waals surface area contributed by atoms with Crippen molar-refractivity contribution in [3.63, 3.8) is 0 Å². The molecular weight excluding hydrogens is 254 g/mol. The highest BCUT2D eigenvalue weighted by Crippen LogP contribution is 2.25. The Morgan fingerprint density at radius 1 is 1.62 bits per heavy atom. The molecule has 16 heavy (non-hydrogen) atoms. The minimum atomic E-state index is -3.67. The number of nitrogens with zero attached hydrogens (tertiary/aromatic N) is 3. The SMILES string of the molecule is Cn1cnc(S(=O)(=O)N2CC[C@@H](O)C2)c1Cl. The lowest BCUT2D eigenvalue weighted by Gasteiger charge is -2.13. The standard InChI is InChI=1S/C8H12ClN3O3S/c1-11-5-10-8(7(11)9)16(14,15)12-3-2-6(13)4-12/h5-6,13H,2-4H2,1H3/t6-/m1/s1. The van der Waals surface area contributed by atoms with E-state index in [-0.39, 0.29) is 16.7 Å². The van der Waals surface area contributed by atoms with Gasteiger partial charge in [0, 0.05) is 20.1 Å². The molecule has 0 unspecified atom stereocenters. The van der Waals surface area contributed by atoms with E-state index in [0.29, 0.717) is 13.0 Å². The molecule has 0 aliphatic carbocycles. The molecule has 0 bridgehead atoms. The molecule has 0 radical (unpaired) electrons. The summed E-state index contributed by atoms with van der Waals surface area (Å²) < 4.78 is 26.8. The highest BCUT2D eigenvalue weighted by molar-refractivity contribution is 7.89. The van der Waals surface area contributed by atoms with Crippen molar-refractivity contribution in [2.24, 2.45) is 7.05 Å². The molecule has 1 aromatic rings. The average molecular weight is 266 g/mol. The molecule has 1 N–H and O–H groups in total. The predicted molar refractivity (Wildman–Crippen MR) is 57.6 cm³/mol. The van der Waals surface area contributed by atoms with Gasteiger partial charge in [-0.2, -0.15) is 4.31 Å². The first-order valence-corrected chi connectivity index (χ1v) is 6.60. The highest BCUT2D eigenvalue weighted by atomic mass is 35.5. The second kappa shape index (κ2) is 3.99. The molecule has 1 aliphatic rings. The lowest BCUT2D eigenvalue weighted by Crippen LogP contribution is -2.30. The van der Waals surface area contributed by atoms with Crippen LogP contribution < -0.4 is 0 Å². The van der Waals surface area contributed by atoms with Crippen molar-refractivity contribution in [2.75, 3.05) is 13.1 Å². The monoisotopic (exact) mass is 265 g/mol. The maximum Gasteiger partial charge on any atom is 0.263 e. The van der Waals surface area contributed by atoms with Crippen LogP contribution in [-0.4, -0.2) is 46.6 Å². The molecule has 0 aromatic carbocycles. The van der Waals surface area contributed by atoms with Crippen molar-refractivity contribution < 1.29 is 13.5 Å². The summed E-state index contributed by atoms with van der Waals surface area (Å²) in [5.74, 6) is 0. The molecule has 90 valence electrons. The number of aliphatic hydroxyl groups excluding tert-OH is 1. The van der Waals surface area contributed by atoms with Gasteiger partial charge in [-0.15, -0.1) is 0 Å². The minimum absolute atomic E-state index is 0.0846. The van der Waals surface area contributed by atoms with Gasteiger partial charge in [0.1, 0.15) is 5.15 Å². The minimum Gasteiger partial charge on any atom is -0.392 e. The Morgan fingerprint density at radius 3 is 2.75 bits per heavy atom. The van der Waals surface area contributed by atoms with E-state index in [4.69, 9.17) is 11.6 Å². The van der Waals surface area contributed by atoms with Crippen molar-refractivity contribution >= 4 is 21.6 Å². The Balaban J connectivity index is 2.36. The largest absolute Gasteiger partial charge is 0.392 e. The number of hydrogen-bond donors (Lipinski definition) is 1. The zero-order chi connectivity index (χ0) is 11.9. The Morgan fingerprint density at radius 2 is 2.31 bits per heavy atom. The van der Waals surface area contributed by atoms with E-state index < -0.39 is 16.1 Å². The molecule has 0 spiro atoms. The summed E-state index contributed by atoms with van der Waals surface area (Å²) in [5.41, 5.74) is 0. The van der Waals surface area contributed by atoms with E-state index in [1.807, 2.05) is 0 Å². The van der Waals surface area contributed by atoms with Crippen molar-refractivity contribution in [3.8, 4) is 0 Å². The van der Waals surface area contributed by atoms with Gasteiger partial charge in [-0.3, -0.25) is 0 Å². The Kier molecular flexibility index (Phi) is 2.95. The highest BCUT2D eigenvalue weighted by Gasteiger charge is 2.34. The molecule has 1 aromatic heterocycles. The fourth-order valence-electron chi connectivity index (χ4n) is 1.62. The van der Waals surface area contributed by atoms with Gasteiger partial charge >= 0.3 is 0 Å². The van der Waals surface area contributed by atoms with Gasteiger partial charge < -0.3 is 9.67 Å². The van der Waals surface area contributed by atoms with Crippen LogP contribution in [-0.2, 0) is 17.1 Å². The molecule has 6 nitrogen and oxygen atoms in total. The molecule has 2 rings (SSSR count). The molecule has 1 fully saturated rings. The second-order valence-electron chi connectivity index (χ2n) is 3.76. The number of rotatable bonds is 2. The summed E-state index contributed by atoms with van der Waals surface area (Å²) in [6.45, 7) is 0.408. The predicted octanol–water partition coefficient (Wildman–Crippen LogP) is -0.171. The molecule has 1 atom stereocenters. The number of imidazole rings is 1. The lowest BCUT2D eigenvalue weighted by atomic mass is 10.3. The van der Waals surface area contributed by atoms with Gasteiger partial charge in [0.05, 0.1) is 12.4 Å². The maximum atomic E-state index is 12.1. The third kappa shape index (κ3) is 1.84. The molecule has 1 saturated heterocycles. The van der Waals surface area contributed by atoms with Crippen LogP contribution in [0.4, 0.5) is 0 Å². The second-order valence-corrected chi connectivity index (χ2v) is 5.97. The summed E-state index contributed by atoms with van der Waals surface area (Å²) in [6, 6.07) is 0. The zero-order valence-corrected chi connectivity index (χ0v) is 10.2. The van der Waals surface area contributed by atoms with Crippen LogP contribution in [0.2, 0.25) is 5.15 Å². The first-order chi connectivity index (χ1) is 7.43. The summed E-state index contributed by atoms with van der Waals surface area (Å²) in [4.78, 5) is 3.78. The summed E-state index contributed by atoms with van der Waals surface area (Å²) in [5, 5.41) is 9.26. The zero-order valence-electron chi connectivity index (χ0n) is 8.67. The number of β-amino-alcohol motifs (C(OH)–C–C–N with tert-alkyl or cyclic N) is 1. The van der Waals surface area contributed by atoms with Gasteiger partial charge in [-0.25, -0.2) is 13.4 Å². The molecule has 0 amide bonds. The topological polar surface area (TPSA) is 75.4 Å². The van der Waals surface area contributed by atoms with Gasteiger partial charge in [0.25, 0.3) is 10.0 Å². The molecule has 8 heteroatoms. The quantitative estimate of drug-likeness (QED) is 0.806. The number of halogens is 1. The van der Waals surface area contributed by atoms with Crippen molar-refractivity contribution in [1.82, 2.24) is 13.9 Å². The van der Waals surface area contributed by atoms with Crippen LogP contribution in [0.3, 0.4) is 0 Å². The number of aryl methyl sites for hydroxylation is 1. The van der Waals surface area contributed by atoms with Crippen molar-refractivity contribution in [1.29, 1.82) is 0 Å². The number of hydrogen-bond acceptors (Lipinski definition) is 4. The first-order valence-electron chi connectivity index (χ1n) is 4.78. The van der Waals surface area contributed by atoms with E-state index in [0.717, 1.165) is 0 Å². The van der Waals surface area contributed by atoms with E-state index in [9.17, 15) is 13.5 Å². The van der Waals surface area contributed by atoms with E-state index >= 15 is 0 Å². The number of sulfonamides is 1. The van der Waals surface area contributed by atoms with Crippen LogP contribution in [0, 0.1) is 0 Å². The molecular formula is C8H12ClN3O3S. The third-order valence-electron chi connectivity index (χ3n) is 2.54. The van der Waals surface area contributed by atoms with Gasteiger partial charge in [0.2, 0.25) is 5.03 Å². The van der Waals surface area contributed by atoms with Gasteiger partial charge in [-0.1, -0.05) is 11.6 Å². The van der Waals surface area contributed by atoms with Crippen LogP contribution in [0.5, 0.6) is 0 Å². The van der Waals surface area contributed by atoms with E-state index in [1.165, 1.54) is 15.2 Å². The third-order valence-corrected chi connectivity index (χ3v) is 4.90. The van der Waals surface area contributed by atoms with Crippen LogP contribution in [0.15, 0.2) is 11.4 Å². The fourth-order valence-corrected chi connectivity index (χ4v) is 3.50. The Hall–Kier alpha value is -0.630. The van der Waals surface area contributed by atoms with Crippen molar-refractivity contribution in [2.45, 2.75) is 17.6 Å². The average Bonchev–Trinajstić information content (AvgIpc) is 2.76. The Bertz CT molecular complexity index is 499. The summed E-state index contributed by atoms with van der Waals surface area (Å²) >= 11 is 5.84. The molecule has 1 aliphatic heterocycles. The van der Waals surface area contributed by atoms with E-state index in [1.54, 1.807) is 7.05 Å². The van der Waals surface area contributed by atoms with Crippen LogP contribution in [0.25, 0.3) is 0 Å². The number of aliphatic hydroxyl groups is 1. The molecule has 0 saturated carbocycles. The van der Waals surface area contributed by atoms with E-state index in [2.05, 4.69) is 4.98 Å². The summed E-state index contributed by atoms with van der Waals surface area (Å²) in [7, 11) is -2.05. The normalized spacial score (nSPS) is 22.8. The summed E-state index contributed by atoms with van der Waals surface area (Å²) in [6.07, 6.45) is 1.20.